The monoisotopic (exact) mass is 309 g/mol. The molecule has 0 radical (unpaired) electrons. The van der Waals surface area contributed by atoms with E-state index in [1.807, 2.05) is 9.80 Å². The first-order valence-corrected chi connectivity index (χ1v) is 7.62. The minimum atomic E-state index is -0.324. The Labute approximate surface area is 129 Å². The Balaban J connectivity index is 1.71. The Morgan fingerprint density at radius 3 is 2.77 bits per heavy atom. The van der Waals surface area contributed by atoms with Crippen LogP contribution in [0.4, 0.5) is 0 Å². The second-order valence-electron chi connectivity index (χ2n) is 5.57. The van der Waals surface area contributed by atoms with Crippen molar-refractivity contribution < 1.29 is 14.1 Å². The molecule has 8 nitrogen and oxygen atoms in total. The van der Waals surface area contributed by atoms with Crippen molar-refractivity contribution in [1.82, 2.24) is 19.9 Å². The van der Waals surface area contributed by atoms with Gasteiger partial charge in [0, 0.05) is 39.0 Å². The summed E-state index contributed by atoms with van der Waals surface area (Å²) < 4.78 is 5.03. The van der Waals surface area contributed by atoms with Crippen molar-refractivity contribution in [1.29, 1.82) is 0 Å². The molecule has 1 aromatic heterocycles. The van der Waals surface area contributed by atoms with Gasteiger partial charge in [-0.25, -0.2) is 0 Å². The third kappa shape index (κ3) is 5.10. The molecule has 1 fully saturated rings. The van der Waals surface area contributed by atoms with Crippen LogP contribution < -0.4 is 5.73 Å². The van der Waals surface area contributed by atoms with E-state index in [0.717, 1.165) is 19.5 Å². The molecule has 1 aliphatic rings. The van der Waals surface area contributed by atoms with Crippen molar-refractivity contribution >= 4 is 11.8 Å². The number of aryl methyl sites for hydroxylation is 2. The number of nitrogens with zero attached hydrogens (tertiary/aromatic N) is 4. The average molecular weight is 309 g/mol. The largest absolute Gasteiger partial charge is 0.369 e. The highest BCUT2D eigenvalue weighted by atomic mass is 16.5. The highest BCUT2D eigenvalue weighted by molar-refractivity contribution is 5.76. The van der Waals surface area contributed by atoms with Gasteiger partial charge in [-0.1, -0.05) is 5.16 Å². The number of hydrogen-bond acceptors (Lipinski definition) is 6. The molecule has 0 aliphatic carbocycles. The zero-order chi connectivity index (χ0) is 15.9. The van der Waals surface area contributed by atoms with Crippen LogP contribution in [0.5, 0.6) is 0 Å². The van der Waals surface area contributed by atoms with Gasteiger partial charge in [0.25, 0.3) is 0 Å². The number of carbonyl (C=O) groups is 2. The first-order valence-electron chi connectivity index (χ1n) is 7.62. The first kappa shape index (κ1) is 16.4. The van der Waals surface area contributed by atoms with Crippen LogP contribution in [0.2, 0.25) is 0 Å². The maximum absolute atomic E-state index is 12.2. The smallest absolute Gasteiger partial charge is 0.231 e. The summed E-state index contributed by atoms with van der Waals surface area (Å²) in [6, 6.07) is 0. The zero-order valence-electron chi connectivity index (χ0n) is 13.0. The third-order valence-corrected chi connectivity index (χ3v) is 3.67. The molecule has 122 valence electrons. The summed E-state index contributed by atoms with van der Waals surface area (Å²) in [5.41, 5.74) is 5.21. The SMILES string of the molecule is Cc1noc(CCCC(=O)N2CCCN(CC(N)=O)CC2)n1. The molecule has 0 aromatic carbocycles. The minimum absolute atomic E-state index is 0.136. The molecule has 0 spiro atoms. The fraction of sp³-hybridized carbons (Fsp3) is 0.714. The van der Waals surface area contributed by atoms with Crippen molar-refractivity contribution in [3.63, 3.8) is 0 Å². The maximum atomic E-state index is 12.2. The maximum Gasteiger partial charge on any atom is 0.231 e. The molecule has 0 bridgehead atoms. The van der Waals surface area contributed by atoms with E-state index >= 15 is 0 Å². The van der Waals surface area contributed by atoms with Gasteiger partial charge in [0.2, 0.25) is 17.7 Å². The highest BCUT2D eigenvalue weighted by Gasteiger charge is 2.19. The van der Waals surface area contributed by atoms with Crippen molar-refractivity contribution in [2.24, 2.45) is 5.73 Å². The molecule has 22 heavy (non-hydrogen) atoms. The fourth-order valence-electron chi connectivity index (χ4n) is 2.59. The van der Waals surface area contributed by atoms with Crippen LogP contribution in [0.1, 0.15) is 31.0 Å². The van der Waals surface area contributed by atoms with Gasteiger partial charge in [0.05, 0.1) is 6.54 Å². The lowest BCUT2D eigenvalue weighted by atomic mass is 10.2. The van der Waals surface area contributed by atoms with Gasteiger partial charge in [0.1, 0.15) is 0 Å². The van der Waals surface area contributed by atoms with Crippen LogP contribution in [-0.4, -0.2) is 64.5 Å². The Kier molecular flexibility index (Phi) is 5.88. The molecule has 0 atom stereocenters. The lowest BCUT2D eigenvalue weighted by Gasteiger charge is -2.21. The van der Waals surface area contributed by atoms with Gasteiger partial charge in [-0.2, -0.15) is 4.98 Å². The van der Waals surface area contributed by atoms with Crippen LogP contribution >= 0.6 is 0 Å². The first-order chi connectivity index (χ1) is 10.5. The van der Waals surface area contributed by atoms with E-state index in [4.69, 9.17) is 10.3 Å². The summed E-state index contributed by atoms with van der Waals surface area (Å²) in [5, 5.41) is 3.72. The predicted octanol–water partition coefficient (Wildman–Crippen LogP) is -0.280. The summed E-state index contributed by atoms with van der Waals surface area (Å²) >= 11 is 0. The third-order valence-electron chi connectivity index (χ3n) is 3.67. The predicted molar refractivity (Wildman–Crippen MR) is 78.8 cm³/mol. The summed E-state index contributed by atoms with van der Waals surface area (Å²) in [7, 11) is 0. The van der Waals surface area contributed by atoms with E-state index in [-0.39, 0.29) is 18.4 Å². The number of hydrogen-bond donors (Lipinski definition) is 1. The molecular formula is C14H23N5O3. The van der Waals surface area contributed by atoms with Gasteiger partial charge in [-0.3, -0.25) is 14.5 Å². The molecule has 8 heteroatoms. The van der Waals surface area contributed by atoms with Gasteiger partial charge < -0.3 is 15.2 Å². The minimum Gasteiger partial charge on any atom is -0.369 e. The van der Waals surface area contributed by atoms with Crippen LogP contribution in [0.3, 0.4) is 0 Å². The molecular weight excluding hydrogens is 286 g/mol. The van der Waals surface area contributed by atoms with Crippen molar-refractivity contribution in [3.05, 3.63) is 11.7 Å². The lowest BCUT2D eigenvalue weighted by molar-refractivity contribution is -0.131. The number of nitrogens with two attached hydrogens (primary N) is 1. The second-order valence-corrected chi connectivity index (χ2v) is 5.57. The highest BCUT2D eigenvalue weighted by Crippen LogP contribution is 2.08. The fourth-order valence-corrected chi connectivity index (χ4v) is 2.59. The quantitative estimate of drug-likeness (QED) is 0.775. The second kappa shape index (κ2) is 7.88. The van der Waals surface area contributed by atoms with Crippen molar-refractivity contribution in [2.45, 2.75) is 32.6 Å². The molecule has 1 saturated heterocycles. The van der Waals surface area contributed by atoms with E-state index in [1.165, 1.54) is 0 Å². The molecule has 1 aliphatic heterocycles. The Morgan fingerprint density at radius 2 is 2.09 bits per heavy atom. The summed E-state index contributed by atoms with van der Waals surface area (Å²) in [6.07, 6.45) is 2.65. The number of rotatable bonds is 6. The standard InChI is InChI=1S/C14H23N5O3/c1-11-16-13(22-17-11)4-2-5-14(21)19-7-3-6-18(8-9-19)10-12(15)20/h2-10H2,1H3,(H2,15,20). The number of primary amides is 1. The van der Waals surface area contributed by atoms with Crippen LogP contribution in [0, 0.1) is 6.92 Å². The van der Waals surface area contributed by atoms with Crippen LogP contribution in [-0.2, 0) is 16.0 Å². The zero-order valence-corrected chi connectivity index (χ0v) is 13.0. The Hall–Kier alpha value is -1.96. The summed E-state index contributed by atoms with van der Waals surface area (Å²) in [6.45, 7) is 4.90. The summed E-state index contributed by atoms with van der Waals surface area (Å²) in [4.78, 5) is 31.2. The molecule has 0 unspecified atom stereocenters. The molecule has 1 aromatic rings. The van der Waals surface area contributed by atoms with Gasteiger partial charge in [0.15, 0.2) is 5.82 Å². The molecule has 0 saturated carbocycles. The van der Waals surface area contributed by atoms with Gasteiger partial charge in [-0.15, -0.1) is 0 Å². The molecule has 2 amide bonds. The van der Waals surface area contributed by atoms with E-state index in [2.05, 4.69) is 10.1 Å². The molecule has 2 rings (SSSR count). The van der Waals surface area contributed by atoms with E-state index in [9.17, 15) is 9.59 Å². The lowest BCUT2D eigenvalue weighted by Crippen LogP contribution is -2.38. The number of amides is 2. The Morgan fingerprint density at radius 1 is 1.27 bits per heavy atom. The molecule has 2 N–H and O–H groups in total. The topological polar surface area (TPSA) is 106 Å². The summed E-state index contributed by atoms with van der Waals surface area (Å²) in [5.74, 6) is 1.00. The molecule has 2 heterocycles. The van der Waals surface area contributed by atoms with Gasteiger partial charge in [-0.05, 0) is 19.8 Å². The van der Waals surface area contributed by atoms with E-state index < -0.39 is 0 Å². The van der Waals surface area contributed by atoms with E-state index in [1.54, 1.807) is 6.92 Å². The number of carbonyl (C=O) groups excluding carboxylic acids is 2. The number of aromatic nitrogens is 2. The van der Waals surface area contributed by atoms with E-state index in [0.29, 0.717) is 44.1 Å². The normalized spacial score (nSPS) is 16.5. The van der Waals surface area contributed by atoms with Crippen molar-refractivity contribution in [3.8, 4) is 0 Å². The Bertz CT molecular complexity index is 516. The van der Waals surface area contributed by atoms with Crippen LogP contribution in [0.25, 0.3) is 0 Å². The van der Waals surface area contributed by atoms with Crippen molar-refractivity contribution in [2.75, 3.05) is 32.7 Å². The van der Waals surface area contributed by atoms with Gasteiger partial charge >= 0.3 is 0 Å². The average Bonchev–Trinajstić information content (AvgIpc) is 2.73. The van der Waals surface area contributed by atoms with Crippen LogP contribution in [0.15, 0.2) is 4.52 Å².